The molecule has 30 heavy (non-hydrogen) atoms. The van der Waals surface area contributed by atoms with Crippen molar-refractivity contribution >= 4 is 52.3 Å². The molecule has 0 spiro atoms. The van der Waals surface area contributed by atoms with Gasteiger partial charge in [0.05, 0.1) is 0 Å². The molecule has 1 atom stereocenters. The highest BCUT2D eigenvalue weighted by molar-refractivity contribution is 6.35. The second kappa shape index (κ2) is 8.28. The average molecular weight is 446 g/mol. The van der Waals surface area contributed by atoms with E-state index in [1.807, 2.05) is 12.1 Å². The van der Waals surface area contributed by atoms with E-state index >= 15 is 0 Å². The number of amides is 3. The predicted molar refractivity (Wildman–Crippen MR) is 117 cm³/mol. The van der Waals surface area contributed by atoms with E-state index in [9.17, 15) is 14.4 Å². The average Bonchev–Trinajstić information content (AvgIpc) is 3.33. The van der Waals surface area contributed by atoms with Gasteiger partial charge in [0.15, 0.2) is 0 Å². The van der Waals surface area contributed by atoms with Crippen molar-refractivity contribution in [2.75, 3.05) is 23.3 Å². The Hall–Kier alpha value is -2.57. The number of likely N-dealkylation sites (tertiary alicyclic amines) is 1. The van der Waals surface area contributed by atoms with Gasteiger partial charge in [0.25, 0.3) is 5.91 Å². The van der Waals surface area contributed by atoms with Gasteiger partial charge in [0.1, 0.15) is 6.04 Å². The van der Waals surface area contributed by atoms with Crippen LogP contribution in [0.15, 0.2) is 36.4 Å². The Morgan fingerprint density at radius 1 is 1.03 bits per heavy atom. The maximum atomic E-state index is 13.2. The maximum absolute atomic E-state index is 13.2. The van der Waals surface area contributed by atoms with Crippen molar-refractivity contribution in [2.45, 2.75) is 32.2 Å². The molecule has 2 heterocycles. The smallest absolute Gasteiger partial charge is 0.254 e. The molecule has 0 radical (unpaired) electrons. The Morgan fingerprint density at radius 3 is 2.47 bits per heavy atom. The first-order chi connectivity index (χ1) is 14.3. The van der Waals surface area contributed by atoms with E-state index in [-0.39, 0.29) is 17.7 Å². The van der Waals surface area contributed by atoms with Crippen molar-refractivity contribution in [1.29, 1.82) is 0 Å². The van der Waals surface area contributed by atoms with Crippen LogP contribution in [-0.4, -0.2) is 41.8 Å². The third-order valence-corrected chi connectivity index (χ3v) is 5.98. The van der Waals surface area contributed by atoms with Gasteiger partial charge in [0, 0.05) is 47.0 Å². The second-order valence-electron chi connectivity index (χ2n) is 7.57. The topological polar surface area (TPSA) is 69.7 Å². The summed E-state index contributed by atoms with van der Waals surface area (Å²) in [6, 6.07) is 9.65. The van der Waals surface area contributed by atoms with Gasteiger partial charge >= 0.3 is 0 Å². The number of hydrogen-bond donors (Lipinski definition) is 1. The van der Waals surface area contributed by atoms with E-state index in [2.05, 4.69) is 5.32 Å². The third-order valence-electron chi connectivity index (χ3n) is 5.55. The zero-order chi connectivity index (χ0) is 21.4. The molecule has 0 aromatic heterocycles. The lowest BCUT2D eigenvalue weighted by Crippen LogP contribution is -2.43. The molecular weight excluding hydrogens is 425 g/mol. The van der Waals surface area contributed by atoms with E-state index in [1.165, 1.54) is 6.92 Å². The molecule has 3 amide bonds. The van der Waals surface area contributed by atoms with Gasteiger partial charge in [-0.25, -0.2) is 0 Å². The van der Waals surface area contributed by atoms with Crippen molar-refractivity contribution in [1.82, 2.24) is 4.90 Å². The van der Waals surface area contributed by atoms with Crippen LogP contribution in [0.5, 0.6) is 0 Å². The summed E-state index contributed by atoms with van der Waals surface area (Å²) in [6.07, 6.45) is 2.06. The van der Waals surface area contributed by atoms with Crippen LogP contribution in [-0.2, 0) is 16.0 Å². The van der Waals surface area contributed by atoms with Gasteiger partial charge in [0.2, 0.25) is 11.8 Å². The second-order valence-corrected chi connectivity index (χ2v) is 8.44. The monoisotopic (exact) mass is 445 g/mol. The Kier molecular flexibility index (Phi) is 5.71. The summed E-state index contributed by atoms with van der Waals surface area (Å²) in [7, 11) is 0. The highest BCUT2D eigenvalue weighted by Crippen LogP contribution is 2.30. The number of anilines is 2. The van der Waals surface area contributed by atoms with Crippen LogP contribution in [0.4, 0.5) is 11.4 Å². The summed E-state index contributed by atoms with van der Waals surface area (Å²) in [6.45, 7) is 2.68. The highest BCUT2D eigenvalue weighted by atomic mass is 35.5. The van der Waals surface area contributed by atoms with E-state index in [0.717, 1.165) is 24.1 Å². The molecule has 1 N–H and O–H groups in total. The molecule has 1 unspecified atom stereocenters. The molecule has 156 valence electrons. The molecule has 2 aliphatic rings. The van der Waals surface area contributed by atoms with E-state index in [1.54, 1.807) is 34.1 Å². The van der Waals surface area contributed by atoms with Crippen LogP contribution < -0.4 is 10.2 Å². The summed E-state index contributed by atoms with van der Waals surface area (Å²) in [5.74, 6) is -0.450. The molecule has 1 saturated heterocycles. The number of fused-ring (bicyclic) bond motifs is 1. The van der Waals surface area contributed by atoms with Crippen LogP contribution in [0.1, 0.15) is 35.7 Å². The molecule has 8 heteroatoms. The number of rotatable bonds is 3. The predicted octanol–water partition coefficient (Wildman–Crippen LogP) is 4.15. The van der Waals surface area contributed by atoms with Gasteiger partial charge < -0.3 is 15.1 Å². The normalized spacial score (nSPS) is 17.8. The first-order valence-electron chi connectivity index (χ1n) is 9.82. The fourth-order valence-electron chi connectivity index (χ4n) is 4.16. The standard InChI is InChI=1S/C22H21Cl2N3O3/c1-13(28)26-8-6-14-9-15(4-5-19(14)26)22(30)27-7-2-3-20(27)21(29)25-18-11-16(23)10-17(24)12-18/h4-5,9-12,20H,2-3,6-8H2,1H3,(H,25,29). The van der Waals surface area contributed by atoms with Gasteiger partial charge in [-0.2, -0.15) is 0 Å². The Labute approximate surface area is 184 Å². The quantitative estimate of drug-likeness (QED) is 0.771. The molecule has 1 fully saturated rings. The molecule has 2 aromatic rings. The molecule has 0 saturated carbocycles. The highest BCUT2D eigenvalue weighted by Gasteiger charge is 2.35. The summed E-state index contributed by atoms with van der Waals surface area (Å²) in [5, 5.41) is 3.67. The summed E-state index contributed by atoms with van der Waals surface area (Å²) in [5.41, 5.74) is 2.86. The Bertz CT molecular complexity index is 1020. The van der Waals surface area contributed by atoms with Crippen molar-refractivity contribution < 1.29 is 14.4 Å². The molecule has 0 aliphatic carbocycles. The molecule has 6 nitrogen and oxygen atoms in total. The first kappa shape index (κ1) is 20.7. The molecule has 2 aliphatic heterocycles. The molecule has 0 bridgehead atoms. The zero-order valence-corrected chi connectivity index (χ0v) is 18.0. The lowest BCUT2D eigenvalue weighted by Gasteiger charge is -2.24. The summed E-state index contributed by atoms with van der Waals surface area (Å²) >= 11 is 12.0. The Balaban J connectivity index is 1.51. The van der Waals surface area contributed by atoms with Crippen molar-refractivity contribution in [3.63, 3.8) is 0 Å². The van der Waals surface area contributed by atoms with E-state index in [0.29, 0.717) is 40.8 Å². The molecule has 2 aromatic carbocycles. The SMILES string of the molecule is CC(=O)N1CCc2cc(C(=O)N3CCCC3C(=O)Nc3cc(Cl)cc(Cl)c3)ccc21. The fourth-order valence-corrected chi connectivity index (χ4v) is 4.69. The fraction of sp³-hybridized carbons (Fsp3) is 0.318. The number of carbonyl (C=O) groups is 3. The maximum Gasteiger partial charge on any atom is 0.254 e. The zero-order valence-electron chi connectivity index (χ0n) is 16.5. The van der Waals surface area contributed by atoms with E-state index < -0.39 is 6.04 Å². The number of nitrogens with zero attached hydrogens (tertiary/aromatic N) is 2. The number of hydrogen-bond acceptors (Lipinski definition) is 3. The number of benzene rings is 2. The minimum absolute atomic E-state index is 0.00905. The molecular formula is C22H21Cl2N3O3. The lowest BCUT2D eigenvalue weighted by atomic mass is 10.1. The van der Waals surface area contributed by atoms with Gasteiger partial charge in [-0.05, 0) is 61.2 Å². The van der Waals surface area contributed by atoms with Crippen LogP contribution >= 0.6 is 23.2 Å². The van der Waals surface area contributed by atoms with Crippen LogP contribution in [0, 0.1) is 0 Å². The largest absolute Gasteiger partial charge is 0.327 e. The number of nitrogens with one attached hydrogen (secondary N) is 1. The summed E-state index contributed by atoms with van der Waals surface area (Å²) < 4.78 is 0. The molecule has 4 rings (SSSR count). The van der Waals surface area contributed by atoms with Gasteiger partial charge in [-0.1, -0.05) is 23.2 Å². The van der Waals surface area contributed by atoms with E-state index in [4.69, 9.17) is 23.2 Å². The van der Waals surface area contributed by atoms with Crippen LogP contribution in [0.25, 0.3) is 0 Å². The lowest BCUT2D eigenvalue weighted by molar-refractivity contribution is -0.119. The van der Waals surface area contributed by atoms with Crippen molar-refractivity contribution in [3.8, 4) is 0 Å². The van der Waals surface area contributed by atoms with Crippen molar-refractivity contribution in [3.05, 3.63) is 57.6 Å². The van der Waals surface area contributed by atoms with Crippen LogP contribution in [0.3, 0.4) is 0 Å². The van der Waals surface area contributed by atoms with Gasteiger partial charge in [-0.15, -0.1) is 0 Å². The summed E-state index contributed by atoms with van der Waals surface area (Å²) in [4.78, 5) is 41.1. The van der Waals surface area contributed by atoms with Gasteiger partial charge in [-0.3, -0.25) is 14.4 Å². The Morgan fingerprint density at radius 2 is 1.77 bits per heavy atom. The number of carbonyl (C=O) groups excluding carboxylic acids is 3. The minimum Gasteiger partial charge on any atom is -0.327 e. The van der Waals surface area contributed by atoms with Crippen molar-refractivity contribution in [2.24, 2.45) is 0 Å². The van der Waals surface area contributed by atoms with Crippen LogP contribution in [0.2, 0.25) is 10.0 Å². The first-order valence-corrected chi connectivity index (χ1v) is 10.6. The minimum atomic E-state index is -0.558. The third kappa shape index (κ3) is 4.02. The number of halogens is 2.